The van der Waals surface area contributed by atoms with Gasteiger partial charge in [0.2, 0.25) is 0 Å². The summed E-state index contributed by atoms with van der Waals surface area (Å²) < 4.78 is 0.850. The zero-order chi connectivity index (χ0) is 11.5. The fourth-order valence-corrected chi connectivity index (χ4v) is 2.51. The normalized spacial score (nSPS) is 10.4. The van der Waals surface area contributed by atoms with Gasteiger partial charge < -0.3 is 5.32 Å². The predicted molar refractivity (Wildman–Crippen MR) is 70.9 cm³/mol. The summed E-state index contributed by atoms with van der Waals surface area (Å²) in [6, 6.07) is 3.92. The molecule has 2 aromatic heterocycles. The van der Waals surface area contributed by atoms with Gasteiger partial charge in [0.15, 0.2) is 0 Å². The molecule has 0 bridgehead atoms. The zero-order valence-electron chi connectivity index (χ0n) is 9.12. The number of hydrogen-bond donors (Lipinski definition) is 1. The van der Waals surface area contributed by atoms with Gasteiger partial charge in [-0.3, -0.25) is 0 Å². The van der Waals surface area contributed by atoms with Crippen LogP contribution >= 0.6 is 27.3 Å². The molecular weight excluding hydrogens is 286 g/mol. The maximum atomic E-state index is 4.39. The lowest BCUT2D eigenvalue weighted by atomic mass is 10.3. The molecule has 0 spiro atoms. The van der Waals surface area contributed by atoms with Crippen molar-refractivity contribution in [2.45, 2.75) is 20.4 Å². The van der Waals surface area contributed by atoms with Gasteiger partial charge in [-0.15, -0.1) is 11.3 Å². The molecule has 0 aliphatic heterocycles. The summed E-state index contributed by atoms with van der Waals surface area (Å²) in [7, 11) is 0. The molecule has 0 saturated heterocycles. The Balaban J connectivity index is 2.02. The number of pyridine rings is 1. The second kappa shape index (κ2) is 4.93. The van der Waals surface area contributed by atoms with Crippen LogP contribution in [0.15, 0.2) is 22.9 Å². The molecule has 2 aromatic rings. The summed E-state index contributed by atoms with van der Waals surface area (Å²) in [5.41, 5.74) is 2.13. The topological polar surface area (TPSA) is 37.8 Å². The molecule has 2 heterocycles. The minimum Gasteiger partial charge on any atom is -0.379 e. The van der Waals surface area contributed by atoms with Crippen molar-refractivity contribution in [3.05, 3.63) is 38.5 Å². The van der Waals surface area contributed by atoms with E-state index in [0.717, 1.165) is 27.5 Å². The fourth-order valence-electron chi connectivity index (χ4n) is 1.40. The Bertz CT molecular complexity index is 478. The van der Waals surface area contributed by atoms with Gasteiger partial charge in [-0.2, -0.15) is 0 Å². The van der Waals surface area contributed by atoms with Crippen LogP contribution in [0.2, 0.25) is 0 Å². The number of hydrogen-bond acceptors (Lipinski definition) is 4. The summed E-state index contributed by atoms with van der Waals surface area (Å²) in [4.78, 5) is 9.83. The first-order valence-corrected chi connectivity index (χ1v) is 6.54. The third-order valence-corrected chi connectivity index (χ3v) is 3.72. The van der Waals surface area contributed by atoms with Crippen molar-refractivity contribution in [2.75, 3.05) is 5.32 Å². The highest BCUT2D eigenvalue weighted by Crippen LogP contribution is 2.19. The van der Waals surface area contributed by atoms with E-state index < -0.39 is 0 Å². The lowest BCUT2D eigenvalue weighted by Gasteiger charge is -2.04. The van der Waals surface area contributed by atoms with E-state index in [9.17, 15) is 0 Å². The van der Waals surface area contributed by atoms with Gasteiger partial charge in [-0.05, 0) is 41.9 Å². The van der Waals surface area contributed by atoms with Gasteiger partial charge in [-0.1, -0.05) is 0 Å². The van der Waals surface area contributed by atoms with Crippen LogP contribution in [0.3, 0.4) is 0 Å². The van der Waals surface area contributed by atoms with Crippen LogP contribution in [-0.4, -0.2) is 9.97 Å². The molecule has 0 radical (unpaired) electrons. The van der Waals surface area contributed by atoms with E-state index >= 15 is 0 Å². The van der Waals surface area contributed by atoms with E-state index in [1.165, 1.54) is 4.88 Å². The quantitative estimate of drug-likeness (QED) is 0.881. The lowest BCUT2D eigenvalue weighted by Crippen LogP contribution is -1.99. The van der Waals surface area contributed by atoms with Gasteiger partial charge in [0, 0.05) is 4.88 Å². The SMILES string of the molecule is Cc1nc(C)c(CNc2ccc(Br)nc2)s1. The van der Waals surface area contributed by atoms with E-state index in [1.807, 2.05) is 32.2 Å². The van der Waals surface area contributed by atoms with Gasteiger partial charge in [0.05, 0.1) is 29.1 Å². The van der Waals surface area contributed by atoms with Crippen LogP contribution < -0.4 is 5.32 Å². The summed E-state index contributed by atoms with van der Waals surface area (Å²) in [6.07, 6.45) is 1.81. The summed E-state index contributed by atoms with van der Waals surface area (Å²) in [5, 5.41) is 4.44. The first kappa shape index (κ1) is 11.5. The third kappa shape index (κ3) is 2.80. The smallest absolute Gasteiger partial charge is 0.106 e. The van der Waals surface area contributed by atoms with Crippen LogP contribution in [0, 0.1) is 13.8 Å². The van der Waals surface area contributed by atoms with Crippen molar-refractivity contribution in [1.82, 2.24) is 9.97 Å². The Morgan fingerprint density at radius 1 is 1.38 bits per heavy atom. The Morgan fingerprint density at radius 3 is 2.75 bits per heavy atom. The zero-order valence-corrected chi connectivity index (χ0v) is 11.5. The van der Waals surface area contributed by atoms with E-state index in [0.29, 0.717) is 0 Å². The van der Waals surface area contributed by atoms with Gasteiger partial charge in [0.25, 0.3) is 0 Å². The van der Waals surface area contributed by atoms with Crippen LogP contribution in [0.5, 0.6) is 0 Å². The van der Waals surface area contributed by atoms with Crippen molar-refractivity contribution in [3.63, 3.8) is 0 Å². The minimum absolute atomic E-state index is 0.806. The first-order chi connectivity index (χ1) is 7.65. The molecule has 0 unspecified atom stereocenters. The van der Waals surface area contributed by atoms with Crippen molar-refractivity contribution in [3.8, 4) is 0 Å². The van der Waals surface area contributed by atoms with Crippen LogP contribution in [0.1, 0.15) is 15.6 Å². The number of nitrogens with one attached hydrogen (secondary N) is 1. The van der Waals surface area contributed by atoms with Crippen LogP contribution in [0.4, 0.5) is 5.69 Å². The molecule has 0 atom stereocenters. The number of thiazole rings is 1. The molecule has 0 saturated carbocycles. The maximum absolute atomic E-state index is 4.39. The number of anilines is 1. The van der Waals surface area contributed by atoms with Gasteiger partial charge in [0.1, 0.15) is 4.60 Å². The van der Waals surface area contributed by atoms with E-state index in [2.05, 4.69) is 31.2 Å². The molecule has 0 aromatic carbocycles. The highest BCUT2D eigenvalue weighted by molar-refractivity contribution is 9.10. The Morgan fingerprint density at radius 2 is 2.19 bits per heavy atom. The molecule has 5 heteroatoms. The lowest BCUT2D eigenvalue weighted by molar-refractivity contribution is 1.10. The van der Waals surface area contributed by atoms with Crippen molar-refractivity contribution in [2.24, 2.45) is 0 Å². The molecule has 2 rings (SSSR count). The number of rotatable bonds is 3. The van der Waals surface area contributed by atoms with Gasteiger partial charge >= 0.3 is 0 Å². The summed E-state index contributed by atoms with van der Waals surface area (Å²) >= 11 is 5.04. The fraction of sp³-hybridized carbons (Fsp3) is 0.273. The Hall–Kier alpha value is -0.940. The molecule has 84 valence electrons. The Kier molecular flexibility index (Phi) is 3.56. The minimum atomic E-state index is 0.806. The molecule has 0 fully saturated rings. The largest absolute Gasteiger partial charge is 0.379 e. The van der Waals surface area contributed by atoms with E-state index in [-0.39, 0.29) is 0 Å². The molecule has 3 nitrogen and oxygen atoms in total. The van der Waals surface area contributed by atoms with Crippen molar-refractivity contribution in [1.29, 1.82) is 0 Å². The molecule has 0 aliphatic carbocycles. The van der Waals surface area contributed by atoms with Crippen LogP contribution in [0.25, 0.3) is 0 Å². The number of aromatic nitrogens is 2. The monoisotopic (exact) mass is 297 g/mol. The third-order valence-electron chi connectivity index (χ3n) is 2.18. The van der Waals surface area contributed by atoms with Crippen molar-refractivity contribution < 1.29 is 0 Å². The highest BCUT2D eigenvalue weighted by Gasteiger charge is 2.04. The van der Waals surface area contributed by atoms with E-state index in [1.54, 1.807) is 11.3 Å². The predicted octanol–water partition coefficient (Wildman–Crippen LogP) is 3.53. The average molecular weight is 298 g/mol. The average Bonchev–Trinajstić information content (AvgIpc) is 2.57. The number of nitrogens with zero attached hydrogens (tertiary/aromatic N) is 2. The molecule has 16 heavy (non-hydrogen) atoms. The molecule has 0 amide bonds. The number of halogens is 1. The van der Waals surface area contributed by atoms with Crippen LogP contribution in [-0.2, 0) is 6.54 Å². The molecule has 0 aliphatic rings. The molecule has 1 N–H and O–H groups in total. The first-order valence-electron chi connectivity index (χ1n) is 4.93. The maximum Gasteiger partial charge on any atom is 0.106 e. The second-order valence-electron chi connectivity index (χ2n) is 3.46. The van der Waals surface area contributed by atoms with E-state index in [4.69, 9.17) is 0 Å². The summed E-state index contributed by atoms with van der Waals surface area (Å²) in [5.74, 6) is 0. The Labute approximate surface area is 107 Å². The number of aryl methyl sites for hydroxylation is 2. The standard InChI is InChI=1S/C11H12BrN3S/c1-7-10(16-8(2)15-7)6-13-9-3-4-11(12)14-5-9/h3-5,13H,6H2,1-2H3. The summed E-state index contributed by atoms with van der Waals surface area (Å²) in [6.45, 7) is 4.88. The second-order valence-corrected chi connectivity index (χ2v) is 5.56. The van der Waals surface area contributed by atoms with Crippen molar-refractivity contribution >= 4 is 33.0 Å². The highest BCUT2D eigenvalue weighted by atomic mass is 79.9. The van der Waals surface area contributed by atoms with Gasteiger partial charge in [-0.25, -0.2) is 9.97 Å². The molecular formula is C11H12BrN3S.